The van der Waals surface area contributed by atoms with Crippen LogP contribution in [0.2, 0.25) is 10.0 Å². The van der Waals surface area contributed by atoms with Gasteiger partial charge in [-0.25, -0.2) is 0 Å². The average Bonchev–Trinajstić information content (AvgIpc) is 2.27. The SMILES string of the molecule is OCCCN(Cc1ccc(Cl)cc1Cl)C1CCC1. The molecule has 1 aromatic rings. The number of benzene rings is 1. The molecule has 1 fully saturated rings. The first-order valence-electron chi connectivity index (χ1n) is 6.49. The van der Waals surface area contributed by atoms with Crippen molar-refractivity contribution in [3.05, 3.63) is 33.8 Å². The smallest absolute Gasteiger partial charge is 0.0465 e. The maximum absolute atomic E-state index is 8.97. The van der Waals surface area contributed by atoms with Crippen molar-refractivity contribution < 1.29 is 5.11 Å². The highest BCUT2D eigenvalue weighted by atomic mass is 35.5. The topological polar surface area (TPSA) is 23.5 Å². The van der Waals surface area contributed by atoms with E-state index < -0.39 is 0 Å². The van der Waals surface area contributed by atoms with E-state index in [2.05, 4.69) is 4.90 Å². The summed E-state index contributed by atoms with van der Waals surface area (Å²) in [6.07, 6.45) is 4.66. The Balaban J connectivity index is 2.02. The molecule has 0 saturated heterocycles. The summed E-state index contributed by atoms with van der Waals surface area (Å²) in [4.78, 5) is 2.43. The second kappa shape index (κ2) is 6.76. The van der Waals surface area contributed by atoms with Crippen LogP contribution in [-0.2, 0) is 6.54 Å². The Morgan fingerprint density at radius 1 is 1.28 bits per heavy atom. The van der Waals surface area contributed by atoms with Crippen molar-refractivity contribution in [2.75, 3.05) is 13.2 Å². The first kappa shape index (κ1) is 14.1. The van der Waals surface area contributed by atoms with Gasteiger partial charge in [0.2, 0.25) is 0 Å². The highest BCUT2D eigenvalue weighted by molar-refractivity contribution is 6.35. The molecule has 0 aromatic heterocycles. The van der Waals surface area contributed by atoms with Gasteiger partial charge in [0.25, 0.3) is 0 Å². The molecule has 0 aliphatic heterocycles. The summed E-state index contributed by atoms with van der Waals surface area (Å²) in [6.45, 7) is 2.03. The van der Waals surface area contributed by atoms with Crippen molar-refractivity contribution in [2.45, 2.75) is 38.3 Å². The molecule has 1 aliphatic rings. The number of halogens is 2. The Labute approximate surface area is 119 Å². The normalized spacial score (nSPS) is 16.0. The summed E-state index contributed by atoms with van der Waals surface area (Å²) in [5.41, 5.74) is 1.12. The van der Waals surface area contributed by atoms with Crippen molar-refractivity contribution in [3.8, 4) is 0 Å². The van der Waals surface area contributed by atoms with Gasteiger partial charge in [-0.15, -0.1) is 0 Å². The van der Waals surface area contributed by atoms with E-state index in [-0.39, 0.29) is 6.61 Å². The van der Waals surface area contributed by atoms with Crippen LogP contribution in [0, 0.1) is 0 Å². The van der Waals surface area contributed by atoms with E-state index >= 15 is 0 Å². The minimum absolute atomic E-state index is 0.248. The van der Waals surface area contributed by atoms with Crippen LogP contribution in [0.1, 0.15) is 31.2 Å². The minimum Gasteiger partial charge on any atom is -0.396 e. The van der Waals surface area contributed by atoms with Crippen LogP contribution < -0.4 is 0 Å². The molecule has 18 heavy (non-hydrogen) atoms. The lowest BCUT2D eigenvalue weighted by Gasteiger charge is -2.37. The van der Waals surface area contributed by atoms with Crippen LogP contribution >= 0.6 is 23.2 Å². The van der Waals surface area contributed by atoms with Crippen LogP contribution in [0.5, 0.6) is 0 Å². The first-order chi connectivity index (χ1) is 8.70. The molecule has 0 atom stereocenters. The lowest BCUT2D eigenvalue weighted by Crippen LogP contribution is -2.40. The zero-order valence-corrected chi connectivity index (χ0v) is 11.9. The fraction of sp³-hybridized carbons (Fsp3) is 0.571. The predicted octanol–water partition coefficient (Wildman–Crippen LogP) is 3.73. The molecule has 2 rings (SSSR count). The third-order valence-electron chi connectivity index (χ3n) is 3.58. The quantitative estimate of drug-likeness (QED) is 0.862. The standard InChI is InChI=1S/C14H19Cl2NO/c15-12-6-5-11(14(16)9-12)10-17(7-2-8-18)13-3-1-4-13/h5-6,9,13,18H,1-4,7-8,10H2. The number of hydrogen-bond donors (Lipinski definition) is 1. The van der Waals surface area contributed by atoms with Gasteiger partial charge in [0.05, 0.1) is 0 Å². The van der Waals surface area contributed by atoms with Crippen LogP contribution in [0.4, 0.5) is 0 Å². The minimum atomic E-state index is 0.248. The lowest BCUT2D eigenvalue weighted by atomic mass is 9.91. The van der Waals surface area contributed by atoms with Crippen molar-refractivity contribution in [1.82, 2.24) is 4.90 Å². The van der Waals surface area contributed by atoms with Crippen LogP contribution in [0.25, 0.3) is 0 Å². The molecule has 1 saturated carbocycles. The second-order valence-corrected chi connectivity index (χ2v) is 5.71. The van der Waals surface area contributed by atoms with Crippen LogP contribution in [0.3, 0.4) is 0 Å². The Hall–Kier alpha value is -0.280. The first-order valence-corrected chi connectivity index (χ1v) is 7.25. The molecule has 0 radical (unpaired) electrons. The zero-order chi connectivity index (χ0) is 13.0. The van der Waals surface area contributed by atoms with Gasteiger partial charge in [0.15, 0.2) is 0 Å². The molecule has 1 N–H and O–H groups in total. The Kier molecular flexibility index (Phi) is 5.31. The van der Waals surface area contributed by atoms with E-state index in [1.807, 2.05) is 12.1 Å². The summed E-state index contributed by atoms with van der Waals surface area (Å²) >= 11 is 12.1. The second-order valence-electron chi connectivity index (χ2n) is 4.87. The van der Waals surface area contributed by atoms with E-state index in [0.717, 1.165) is 30.1 Å². The maximum atomic E-state index is 8.97. The fourth-order valence-electron chi connectivity index (χ4n) is 2.29. The van der Waals surface area contributed by atoms with Crippen molar-refractivity contribution in [3.63, 3.8) is 0 Å². The molecule has 2 nitrogen and oxygen atoms in total. The third-order valence-corrected chi connectivity index (χ3v) is 4.17. The molecule has 0 bridgehead atoms. The van der Waals surface area contributed by atoms with E-state index in [1.54, 1.807) is 6.07 Å². The van der Waals surface area contributed by atoms with Crippen molar-refractivity contribution in [1.29, 1.82) is 0 Å². The monoisotopic (exact) mass is 287 g/mol. The predicted molar refractivity (Wildman–Crippen MR) is 76.2 cm³/mol. The summed E-state index contributed by atoms with van der Waals surface area (Å²) < 4.78 is 0. The van der Waals surface area contributed by atoms with Gasteiger partial charge in [0, 0.05) is 35.8 Å². The van der Waals surface area contributed by atoms with Crippen LogP contribution in [-0.4, -0.2) is 29.2 Å². The number of aliphatic hydroxyl groups excluding tert-OH is 1. The number of aliphatic hydroxyl groups is 1. The molecule has 0 amide bonds. The third kappa shape index (κ3) is 3.61. The van der Waals surface area contributed by atoms with E-state index in [9.17, 15) is 0 Å². The van der Waals surface area contributed by atoms with E-state index in [4.69, 9.17) is 28.3 Å². The van der Waals surface area contributed by atoms with Gasteiger partial charge in [-0.2, -0.15) is 0 Å². The lowest BCUT2D eigenvalue weighted by molar-refractivity contribution is 0.109. The van der Waals surface area contributed by atoms with E-state index in [0.29, 0.717) is 11.1 Å². The molecule has 0 spiro atoms. The molecule has 0 heterocycles. The zero-order valence-electron chi connectivity index (χ0n) is 10.4. The maximum Gasteiger partial charge on any atom is 0.0465 e. The number of hydrogen-bond acceptors (Lipinski definition) is 2. The van der Waals surface area contributed by atoms with Gasteiger partial charge >= 0.3 is 0 Å². The van der Waals surface area contributed by atoms with Crippen LogP contribution in [0.15, 0.2) is 18.2 Å². The summed E-state index contributed by atoms with van der Waals surface area (Å²) in [5, 5.41) is 10.4. The molecular weight excluding hydrogens is 269 g/mol. The Bertz CT molecular complexity index is 393. The molecule has 4 heteroatoms. The average molecular weight is 288 g/mol. The van der Waals surface area contributed by atoms with Gasteiger partial charge in [-0.1, -0.05) is 35.7 Å². The van der Waals surface area contributed by atoms with Crippen molar-refractivity contribution >= 4 is 23.2 Å². The molecule has 1 aliphatic carbocycles. The van der Waals surface area contributed by atoms with Gasteiger partial charge in [-0.05, 0) is 37.0 Å². The molecule has 1 aromatic carbocycles. The number of rotatable bonds is 6. The highest BCUT2D eigenvalue weighted by Crippen LogP contribution is 2.29. The Morgan fingerprint density at radius 3 is 2.61 bits per heavy atom. The Morgan fingerprint density at radius 2 is 2.06 bits per heavy atom. The van der Waals surface area contributed by atoms with Gasteiger partial charge < -0.3 is 5.11 Å². The summed E-state index contributed by atoms with van der Waals surface area (Å²) in [5.74, 6) is 0. The molecular formula is C14H19Cl2NO. The van der Waals surface area contributed by atoms with Gasteiger partial charge in [-0.3, -0.25) is 4.90 Å². The largest absolute Gasteiger partial charge is 0.396 e. The number of nitrogens with zero attached hydrogens (tertiary/aromatic N) is 1. The summed E-state index contributed by atoms with van der Waals surface area (Å²) in [6, 6.07) is 6.33. The van der Waals surface area contributed by atoms with E-state index in [1.165, 1.54) is 19.3 Å². The van der Waals surface area contributed by atoms with Gasteiger partial charge in [0.1, 0.15) is 0 Å². The highest BCUT2D eigenvalue weighted by Gasteiger charge is 2.24. The fourth-order valence-corrected chi connectivity index (χ4v) is 2.75. The molecule has 100 valence electrons. The summed E-state index contributed by atoms with van der Waals surface area (Å²) in [7, 11) is 0. The van der Waals surface area contributed by atoms with Crippen molar-refractivity contribution in [2.24, 2.45) is 0 Å². The molecule has 0 unspecified atom stereocenters.